The second-order valence-electron chi connectivity index (χ2n) is 4.64. The van der Waals surface area contributed by atoms with Gasteiger partial charge in [-0.05, 0) is 54.7 Å². The summed E-state index contributed by atoms with van der Waals surface area (Å²) in [7, 11) is 0. The molecule has 0 saturated heterocycles. The summed E-state index contributed by atoms with van der Waals surface area (Å²) >= 11 is 0. The summed E-state index contributed by atoms with van der Waals surface area (Å²) < 4.78 is 0. The molecule has 0 heteroatoms. The lowest BCUT2D eigenvalue weighted by Crippen LogP contribution is -1.93. The Labute approximate surface area is 87.3 Å². The summed E-state index contributed by atoms with van der Waals surface area (Å²) in [6.45, 7) is 4.62. The fraction of sp³-hybridized carbons (Fsp3) is 0.571. The molecule has 0 N–H and O–H groups in total. The van der Waals surface area contributed by atoms with E-state index in [9.17, 15) is 0 Å². The second-order valence-corrected chi connectivity index (χ2v) is 4.64. The molecule has 1 atom stereocenters. The van der Waals surface area contributed by atoms with Gasteiger partial charge in [-0.2, -0.15) is 0 Å². The molecule has 0 aromatic heterocycles. The van der Waals surface area contributed by atoms with Crippen molar-refractivity contribution in [3.05, 3.63) is 34.9 Å². The van der Waals surface area contributed by atoms with Crippen LogP contribution < -0.4 is 0 Å². The molecule has 0 spiro atoms. The van der Waals surface area contributed by atoms with E-state index in [1.807, 2.05) is 0 Å². The Bertz CT molecular complexity index is 312. The summed E-state index contributed by atoms with van der Waals surface area (Å²) in [5.74, 6) is 0.910. The number of hydrogen-bond acceptors (Lipinski definition) is 0. The first-order valence-electron chi connectivity index (χ1n) is 5.90. The quantitative estimate of drug-likeness (QED) is 0.589. The first kappa shape index (κ1) is 9.76. The third-order valence-electron chi connectivity index (χ3n) is 3.49. The lowest BCUT2D eigenvalue weighted by molar-refractivity contribution is 0.510. The monoisotopic (exact) mass is 188 g/mol. The second kappa shape index (κ2) is 4.16. The van der Waals surface area contributed by atoms with Crippen LogP contribution in [0.1, 0.15) is 43.4 Å². The van der Waals surface area contributed by atoms with Gasteiger partial charge in [-0.15, -0.1) is 0 Å². The highest BCUT2D eigenvalue weighted by Gasteiger charge is 2.12. The van der Waals surface area contributed by atoms with Crippen LogP contribution in [-0.4, -0.2) is 0 Å². The molecule has 1 aromatic rings. The molecule has 1 aromatic carbocycles. The number of benzene rings is 1. The Morgan fingerprint density at radius 1 is 1.14 bits per heavy atom. The Hall–Kier alpha value is -0.780. The van der Waals surface area contributed by atoms with Crippen molar-refractivity contribution in [1.29, 1.82) is 0 Å². The maximum Gasteiger partial charge on any atom is -0.0274 e. The average molecular weight is 188 g/mol. The van der Waals surface area contributed by atoms with Gasteiger partial charge < -0.3 is 0 Å². The smallest absolute Gasteiger partial charge is 0.0274 e. The van der Waals surface area contributed by atoms with Crippen molar-refractivity contribution in [3.63, 3.8) is 0 Å². The van der Waals surface area contributed by atoms with Gasteiger partial charge in [0.25, 0.3) is 0 Å². The molecule has 0 fully saturated rings. The SMILES string of the molecule is CCc1ccc2c(c1)CCC(C)CC2. The van der Waals surface area contributed by atoms with E-state index >= 15 is 0 Å². The number of rotatable bonds is 1. The molecule has 0 heterocycles. The van der Waals surface area contributed by atoms with E-state index in [0.717, 1.165) is 5.92 Å². The first-order chi connectivity index (χ1) is 6.79. The Balaban J connectivity index is 2.27. The van der Waals surface area contributed by atoms with Gasteiger partial charge in [0, 0.05) is 0 Å². The topological polar surface area (TPSA) is 0 Å². The number of hydrogen-bond donors (Lipinski definition) is 0. The standard InChI is InChI=1S/C14H20/c1-3-12-6-9-13-7-4-11(2)5-8-14(13)10-12/h6,9-11H,3-5,7-8H2,1-2H3. The fourth-order valence-electron chi connectivity index (χ4n) is 2.32. The molecule has 1 aliphatic carbocycles. The highest BCUT2D eigenvalue weighted by Crippen LogP contribution is 2.25. The zero-order valence-corrected chi connectivity index (χ0v) is 9.34. The molecule has 1 aliphatic rings. The van der Waals surface area contributed by atoms with Gasteiger partial charge in [0.05, 0.1) is 0 Å². The summed E-state index contributed by atoms with van der Waals surface area (Å²) in [5, 5.41) is 0. The predicted molar refractivity (Wildman–Crippen MR) is 61.6 cm³/mol. The molecule has 0 saturated carbocycles. The number of aryl methyl sites for hydroxylation is 3. The minimum Gasteiger partial charge on any atom is -0.0625 e. The van der Waals surface area contributed by atoms with Gasteiger partial charge in [-0.25, -0.2) is 0 Å². The normalized spacial score (nSPS) is 21.4. The zero-order valence-electron chi connectivity index (χ0n) is 9.34. The summed E-state index contributed by atoms with van der Waals surface area (Å²) in [4.78, 5) is 0. The Kier molecular flexibility index (Phi) is 2.90. The van der Waals surface area contributed by atoms with E-state index in [2.05, 4.69) is 32.0 Å². The minimum absolute atomic E-state index is 0.910. The maximum absolute atomic E-state index is 2.42. The fourth-order valence-corrected chi connectivity index (χ4v) is 2.32. The van der Waals surface area contributed by atoms with Crippen LogP contribution >= 0.6 is 0 Å². The molecule has 0 bridgehead atoms. The van der Waals surface area contributed by atoms with E-state index < -0.39 is 0 Å². The highest BCUT2D eigenvalue weighted by molar-refractivity contribution is 5.33. The largest absolute Gasteiger partial charge is 0.0625 e. The number of fused-ring (bicyclic) bond motifs is 1. The van der Waals surface area contributed by atoms with Crippen LogP contribution in [-0.2, 0) is 19.3 Å². The first-order valence-corrected chi connectivity index (χ1v) is 5.90. The third kappa shape index (κ3) is 2.00. The zero-order chi connectivity index (χ0) is 9.97. The molecule has 2 rings (SSSR count). The molecule has 1 unspecified atom stereocenters. The molecule has 0 amide bonds. The average Bonchev–Trinajstić information content (AvgIpc) is 2.40. The lowest BCUT2D eigenvalue weighted by Gasteiger charge is -2.06. The molecule has 0 nitrogen and oxygen atoms in total. The van der Waals surface area contributed by atoms with Gasteiger partial charge >= 0.3 is 0 Å². The van der Waals surface area contributed by atoms with Crippen molar-refractivity contribution >= 4 is 0 Å². The molecule has 0 aliphatic heterocycles. The molecule has 76 valence electrons. The molecular formula is C14H20. The van der Waals surface area contributed by atoms with Crippen LogP contribution in [0.25, 0.3) is 0 Å². The molecular weight excluding hydrogens is 168 g/mol. The summed E-state index contributed by atoms with van der Waals surface area (Å²) in [6, 6.07) is 7.08. The van der Waals surface area contributed by atoms with Crippen molar-refractivity contribution in [2.75, 3.05) is 0 Å². The van der Waals surface area contributed by atoms with E-state index in [1.54, 1.807) is 11.1 Å². The molecule has 0 radical (unpaired) electrons. The molecule has 14 heavy (non-hydrogen) atoms. The maximum atomic E-state index is 2.42. The van der Waals surface area contributed by atoms with Crippen LogP contribution in [0.15, 0.2) is 18.2 Å². The Morgan fingerprint density at radius 2 is 1.86 bits per heavy atom. The van der Waals surface area contributed by atoms with E-state index in [1.165, 1.54) is 37.7 Å². The van der Waals surface area contributed by atoms with Gasteiger partial charge in [-0.1, -0.05) is 32.0 Å². The van der Waals surface area contributed by atoms with E-state index in [0.29, 0.717) is 0 Å². The Morgan fingerprint density at radius 3 is 2.57 bits per heavy atom. The summed E-state index contributed by atoms with van der Waals surface area (Å²) in [5.41, 5.74) is 4.72. The van der Waals surface area contributed by atoms with E-state index in [-0.39, 0.29) is 0 Å². The van der Waals surface area contributed by atoms with Gasteiger partial charge in [0.1, 0.15) is 0 Å². The lowest BCUT2D eigenvalue weighted by atomic mass is 9.99. The predicted octanol–water partition coefficient (Wildman–Crippen LogP) is 3.76. The van der Waals surface area contributed by atoms with E-state index in [4.69, 9.17) is 0 Å². The summed E-state index contributed by atoms with van der Waals surface area (Å²) in [6.07, 6.45) is 6.51. The highest BCUT2D eigenvalue weighted by atomic mass is 14.2. The third-order valence-corrected chi connectivity index (χ3v) is 3.49. The van der Waals surface area contributed by atoms with Crippen molar-refractivity contribution in [3.8, 4) is 0 Å². The van der Waals surface area contributed by atoms with Crippen molar-refractivity contribution in [1.82, 2.24) is 0 Å². The van der Waals surface area contributed by atoms with Crippen molar-refractivity contribution in [2.24, 2.45) is 5.92 Å². The van der Waals surface area contributed by atoms with Crippen LogP contribution in [0.3, 0.4) is 0 Å². The van der Waals surface area contributed by atoms with Crippen LogP contribution in [0, 0.1) is 5.92 Å². The van der Waals surface area contributed by atoms with Crippen LogP contribution in [0.5, 0.6) is 0 Å². The van der Waals surface area contributed by atoms with Crippen molar-refractivity contribution < 1.29 is 0 Å². The van der Waals surface area contributed by atoms with Gasteiger partial charge in [0.15, 0.2) is 0 Å². The van der Waals surface area contributed by atoms with Crippen LogP contribution in [0.2, 0.25) is 0 Å². The van der Waals surface area contributed by atoms with Crippen molar-refractivity contribution in [2.45, 2.75) is 46.0 Å². The van der Waals surface area contributed by atoms with Gasteiger partial charge in [-0.3, -0.25) is 0 Å². The minimum atomic E-state index is 0.910. The van der Waals surface area contributed by atoms with Crippen LogP contribution in [0.4, 0.5) is 0 Å². The van der Waals surface area contributed by atoms with Gasteiger partial charge in [0.2, 0.25) is 0 Å².